The van der Waals surface area contributed by atoms with Crippen molar-refractivity contribution in [3.05, 3.63) is 47.8 Å². The number of pyridine rings is 1. The lowest BCUT2D eigenvalue weighted by molar-refractivity contribution is 0.411. The second-order valence-corrected chi connectivity index (χ2v) is 3.45. The van der Waals surface area contributed by atoms with E-state index in [1.54, 1.807) is 6.07 Å². The Morgan fingerprint density at radius 1 is 1.00 bits per heavy atom. The third kappa shape index (κ3) is 2.20. The first-order chi connectivity index (χ1) is 8.49. The van der Waals surface area contributed by atoms with Gasteiger partial charge in [0.25, 0.3) is 11.9 Å². The first-order valence-electron chi connectivity index (χ1n) is 4.81. The van der Waals surface area contributed by atoms with E-state index in [2.05, 4.69) is 10.3 Å². The number of benzene rings is 1. The zero-order valence-electron chi connectivity index (χ0n) is 8.85. The van der Waals surface area contributed by atoms with Gasteiger partial charge in [-0.05, 0) is 18.2 Å². The number of nitrogen functional groups attached to an aromatic ring is 1. The molecular weight excluding hydrogens is 250 g/mol. The van der Waals surface area contributed by atoms with E-state index in [0.717, 1.165) is 0 Å². The Balaban J connectivity index is 2.46. The molecule has 0 bridgehead atoms. The second-order valence-electron chi connectivity index (χ2n) is 3.45. The van der Waals surface area contributed by atoms with Crippen molar-refractivity contribution in [2.45, 2.75) is 0 Å². The Labute approximate surface area is 99.3 Å². The highest BCUT2D eigenvalue weighted by Gasteiger charge is 2.20. The molecule has 1 heterocycles. The van der Waals surface area contributed by atoms with Gasteiger partial charge in [0.15, 0.2) is 0 Å². The van der Waals surface area contributed by atoms with Crippen LogP contribution < -0.4 is 11.1 Å². The van der Waals surface area contributed by atoms with Gasteiger partial charge in [0.1, 0.15) is 5.69 Å². The molecule has 0 fully saturated rings. The lowest BCUT2D eigenvalue weighted by atomic mass is 10.2. The molecule has 0 spiro atoms. The molecule has 0 saturated heterocycles. The maximum absolute atomic E-state index is 13.3. The third-order valence-corrected chi connectivity index (χ3v) is 2.15. The predicted molar refractivity (Wildman–Crippen MR) is 58.2 cm³/mol. The zero-order chi connectivity index (χ0) is 13.3. The van der Waals surface area contributed by atoms with E-state index in [1.807, 2.05) is 0 Å². The van der Waals surface area contributed by atoms with Gasteiger partial charge >= 0.3 is 0 Å². The van der Waals surface area contributed by atoms with Crippen molar-refractivity contribution < 1.29 is 17.6 Å². The monoisotopic (exact) mass is 257 g/mol. The minimum Gasteiger partial charge on any atom is -0.399 e. The summed E-state index contributed by atoms with van der Waals surface area (Å²) in [6, 6.07) is 5.85. The van der Waals surface area contributed by atoms with Gasteiger partial charge in [0, 0.05) is 11.4 Å². The number of hydrogen-bond acceptors (Lipinski definition) is 3. The van der Waals surface area contributed by atoms with Crippen LogP contribution in [0.2, 0.25) is 0 Å². The Morgan fingerprint density at radius 2 is 1.61 bits per heavy atom. The van der Waals surface area contributed by atoms with Gasteiger partial charge in [-0.25, -0.2) is 0 Å². The highest BCUT2D eigenvalue weighted by Crippen LogP contribution is 2.26. The SMILES string of the molecule is Nc1cccc(Nc2c(F)c(F)nc(F)c2F)c1. The second kappa shape index (κ2) is 4.52. The van der Waals surface area contributed by atoms with Crippen molar-refractivity contribution in [3.63, 3.8) is 0 Å². The van der Waals surface area contributed by atoms with Crippen LogP contribution >= 0.6 is 0 Å². The van der Waals surface area contributed by atoms with E-state index in [-0.39, 0.29) is 5.69 Å². The van der Waals surface area contributed by atoms with Crippen LogP contribution in [0.1, 0.15) is 0 Å². The van der Waals surface area contributed by atoms with Crippen LogP contribution in [0.15, 0.2) is 24.3 Å². The molecule has 0 amide bonds. The molecule has 1 aromatic carbocycles. The summed E-state index contributed by atoms with van der Waals surface area (Å²) in [6.45, 7) is 0. The van der Waals surface area contributed by atoms with E-state index in [0.29, 0.717) is 5.69 Å². The summed E-state index contributed by atoms with van der Waals surface area (Å²) in [5.41, 5.74) is 5.03. The topological polar surface area (TPSA) is 50.9 Å². The third-order valence-electron chi connectivity index (χ3n) is 2.15. The zero-order valence-corrected chi connectivity index (χ0v) is 8.85. The number of nitrogens with zero attached hydrogens (tertiary/aromatic N) is 1. The van der Waals surface area contributed by atoms with Crippen LogP contribution in [0.25, 0.3) is 0 Å². The fourth-order valence-electron chi connectivity index (χ4n) is 1.36. The minimum atomic E-state index is -1.72. The van der Waals surface area contributed by atoms with E-state index in [4.69, 9.17) is 5.73 Å². The molecular formula is C11H7F4N3. The highest BCUT2D eigenvalue weighted by atomic mass is 19.2. The Hall–Kier alpha value is -2.31. The van der Waals surface area contributed by atoms with E-state index in [1.165, 1.54) is 18.2 Å². The average molecular weight is 257 g/mol. The number of anilines is 3. The van der Waals surface area contributed by atoms with Crippen molar-refractivity contribution >= 4 is 17.1 Å². The molecule has 0 saturated carbocycles. The quantitative estimate of drug-likeness (QED) is 0.494. The van der Waals surface area contributed by atoms with Gasteiger partial charge in [-0.15, -0.1) is 0 Å². The molecule has 0 aliphatic rings. The number of nitrogens with two attached hydrogens (primary N) is 1. The maximum atomic E-state index is 13.3. The summed E-state index contributed by atoms with van der Waals surface area (Å²) in [5, 5.41) is 2.21. The highest BCUT2D eigenvalue weighted by molar-refractivity contribution is 5.64. The summed E-state index contributed by atoms with van der Waals surface area (Å²) in [6.07, 6.45) is 0. The molecule has 2 aromatic rings. The number of halogens is 4. The fraction of sp³-hybridized carbons (Fsp3) is 0. The summed E-state index contributed by atoms with van der Waals surface area (Å²) in [4.78, 5) is 2.44. The van der Waals surface area contributed by atoms with Crippen LogP contribution in [0.5, 0.6) is 0 Å². The number of rotatable bonds is 2. The van der Waals surface area contributed by atoms with Gasteiger partial charge in [0.05, 0.1) is 0 Å². The number of nitrogens with one attached hydrogen (secondary N) is 1. The minimum absolute atomic E-state index is 0.192. The van der Waals surface area contributed by atoms with Crippen LogP contribution in [-0.2, 0) is 0 Å². The van der Waals surface area contributed by atoms with E-state index >= 15 is 0 Å². The average Bonchev–Trinajstić information content (AvgIpc) is 2.32. The van der Waals surface area contributed by atoms with Crippen molar-refractivity contribution in [2.24, 2.45) is 0 Å². The standard InChI is InChI=1S/C11H7F4N3/c12-7-9(8(13)11(15)18-10(7)14)17-6-3-1-2-5(16)4-6/h1-4H,16H2,(H,17,18). The molecule has 94 valence electrons. The predicted octanol–water partition coefficient (Wildman–Crippen LogP) is 2.96. The summed E-state index contributed by atoms with van der Waals surface area (Å²) in [5.74, 6) is -6.65. The van der Waals surface area contributed by atoms with Crippen molar-refractivity contribution in [1.82, 2.24) is 4.98 Å². The molecule has 0 unspecified atom stereocenters. The van der Waals surface area contributed by atoms with Crippen molar-refractivity contribution in [1.29, 1.82) is 0 Å². The molecule has 3 nitrogen and oxygen atoms in total. The molecule has 0 atom stereocenters. The first kappa shape index (κ1) is 12.2. The van der Waals surface area contributed by atoms with E-state index in [9.17, 15) is 17.6 Å². The lowest BCUT2D eigenvalue weighted by Crippen LogP contribution is -2.06. The van der Waals surface area contributed by atoms with Gasteiger partial charge in [-0.1, -0.05) is 6.07 Å². The Kier molecular flexibility index (Phi) is 3.05. The molecule has 3 N–H and O–H groups in total. The summed E-state index contributed by atoms with van der Waals surface area (Å²) in [7, 11) is 0. The van der Waals surface area contributed by atoms with Crippen molar-refractivity contribution in [2.75, 3.05) is 11.1 Å². The maximum Gasteiger partial charge on any atom is 0.253 e. The Morgan fingerprint density at radius 3 is 2.17 bits per heavy atom. The number of hydrogen-bond donors (Lipinski definition) is 2. The van der Waals surface area contributed by atoms with Gasteiger partial charge in [0.2, 0.25) is 11.6 Å². The van der Waals surface area contributed by atoms with Crippen LogP contribution in [0.3, 0.4) is 0 Å². The van der Waals surface area contributed by atoms with Gasteiger partial charge in [-0.2, -0.15) is 22.5 Å². The first-order valence-corrected chi connectivity index (χ1v) is 4.81. The molecule has 1 aromatic heterocycles. The van der Waals surface area contributed by atoms with Crippen LogP contribution in [0.4, 0.5) is 34.6 Å². The van der Waals surface area contributed by atoms with Crippen LogP contribution in [0, 0.1) is 23.5 Å². The lowest BCUT2D eigenvalue weighted by Gasteiger charge is -2.09. The largest absolute Gasteiger partial charge is 0.399 e. The van der Waals surface area contributed by atoms with Gasteiger partial charge in [-0.3, -0.25) is 0 Å². The smallest absolute Gasteiger partial charge is 0.253 e. The van der Waals surface area contributed by atoms with Crippen LogP contribution in [-0.4, -0.2) is 4.98 Å². The molecule has 18 heavy (non-hydrogen) atoms. The summed E-state index contributed by atoms with van der Waals surface area (Å²) < 4.78 is 52.3. The van der Waals surface area contributed by atoms with Gasteiger partial charge < -0.3 is 11.1 Å². The molecule has 0 radical (unpaired) electrons. The number of aromatic nitrogens is 1. The Bertz CT molecular complexity index is 575. The fourth-order valence-corrected chi connectivity index (χ4v) is 1.36. The normalized spacial score (nSPS) is 10.4. The van der Waals surface area contributed by atoms with Crippen molar-refractivity contribution in [3.8, 4) is 0 Å². The molecule has 7 heteroatoms. The summed E-state index contributed by atoms with van der Waals surface area (Å²) >= 11 is 0. The molecule has 2 rings (SSSR count). The molecule has 0 aliphatic heterocycles. The van der Waals surface area contributed by atoms with E-state index < -0.39 is 29.2 Å². The molecule has 0 aliphatic carbocycles.